The summed E-state index contributed by atoms with van der Waals surface area (Å²) in [7, 11) is 1.73. The molecular formula is C14H26N2O. The molecule has 98 valence electrons. The molecule has 3 heteroatoms. The van der Waals surface area contributed by atoms with Gasteiger partial charge in [0, 0.05) is 38.6 Å². The summed E-state index contributed by atoms with van der Waals surface area (Å²) in [5.74, 6) is 0.792. The number of nitrogens with one attached hydrogen (secondary N) is 1. The maximum atomic E-state index is 5.02. The van der Waals surface area contributed by atoms with Crippen LogP contribution in [0.5, 0.6) is 0 Å². The van der Waals surface area contributed by atoms with Crippen molar-refractivity contribution in [2.45, 2.75) is 39.8 Å². The zero-order valence-electron chi connectivity index (χ0n) is 11.4. The van der Waals surface area contributed by atoms with Crippen molar-refractivity contribution in [1.82, 2.24) is 9.88 Å². The van der Waals surface area contributed by atoms with Crippen molar-refractivity contribution in [3.8, 4) is 0 Å². The number of rotatable bonds is 9. The molecule has 0 atom stereocenters. The molecule has 0 aliphatic rings. The standard InChI is InChI=1S/C14H26N2O/c1-4-13(5-2)12-16-9-6-7-14(16)11-15-8-10-17-3/h6-7,9,13,15H,4-5,8,10-12H2,1-3H3. The van der Waals surface area contributed by atoms with Crippen LogP contribution in [-0.2, 0) is 17.8 Å². The lowest BCUT2D eigenvalue weighted by Gasteiger charge is -2.16. The molecule has 3 nitrogen and oxygen atoms in total. The Hall–Kier alpha value is -0.800. The first-order chi connectivity index (χ1) is 8.31. The van der Waals surface area contributed by atoms with Gasteiger partial charge in [0.2, 0.25) is 0 Å². The van der Waals surface area contributed by atoms with Gasteiger partial charge in [0.25, 0.3) is 0 Å². The minimum atomic E-state index is 0.771. The third-order valence-corrected chi connectivity index (χ3v) is 3.32. The van der Waals surface area contributed by atoms with Crippen molar-refractivity contribution in [2.75, 3.05) is 20.3 Å². The van der Waals surface area contributed by atoms with Crippen LogP contribution in [0.2, 0.25) is 0 Å². The van der Waals surface area contributed by atoms with E-state index in [0.717, 1.165) is 32.2 Å². The summed E-state index contributed by atoms with van der Waals surface area (Å²) in [6.07, 6.45) is 4.70. The quantitative estimate of drug-likeness (QED) is 0.669. The molecular weight excluding hydrogens is 212 g/mol. The number of hydrogen-bond donors (Lipinski definition) is 1. The highest BCUT2D eigenvalue weighted by Crippen LogP contribution is 2.13. The molecule has 0 aliphatic carbocycles. The van der Waals surface area contributed by atoms with E-state index in [2.05, 4.69) is 42.1 Å². The average Bonchev–Trinajstić information content (AvgIpc) is 2.79. The van der Waals surface area contributed by atoms with Gasteiger partial charge in [-0.25, -0.2) is 0 Å². The van der Waals surface area contributed by atoms with Gasteiger partial charge in [-0.1, -0.05) is 26.7 Å². The number of methoxy groups -OCH3 is 1. The highest BCUT2D eigenvalue weighted by Gasteiger charge is 2.07. The van der Waals surface area contributed by atoms with E-state index < -0.39 is 0 Å². The van der Waals surface area contributed by atoms with Gasteiger partial charge in [0.05, 0.1) is 6.61 Å². The molecule has 0 bridgehead atoms. The van der Waals surface area contributed by atoms with Gasteiger partial charge in [-0.05, 0) is 18.1 Å². The second kappa shape index (κ2) is 8.31. The lowest BCUT2D eigenvalue weighted by Crippen LogP contribution is -2.21. The molecule has 1 aromatic rings. The Labute approximate surface area is 105 Å². The third-order valence-electron chi connectivity index (χ3n) is 3.32. The molecule has 0 saturated carbocycles. The van der Waals surface area contributed by atoms with E-state index in [1.807, 2.05) is 0 Å². The average molecular weight is 238 g/mol. The summed E-state index contributed by atoms with van der Waals surface area (Å²) in [5, 5.41) is 3.39. The number of nitrogens with zero attached hydrogens (tertiary/aromatic N) is 1. The van der Waals surface area contributed by atoms with Crippen molar-refractivity contribution in [1.29, 1.82) is 0 Å². The molecule has 0 fully saturated rings. The van der Waals surface area contributed by atoms with Gasteiger partial charge < -0.3 is 14.6 Å². The van der Waals surface area contributed by atoms with Crippen LogP contribution in [-0.4, -0.2) is 24.8 Å². The normalized spacial score (nSPS) is 11.3. The first-order valence-corrected chi connectivity index (χ1v) is 6.65. The van der Waals surface area contributed by atoms with Crippen LogP contribution in [0.15, 0.2) is 18.3 Å². The second-order valence-electron chi connectivity index (χ2n) is 4.50. The molecule has 0 radical (unpaired) electrons. The molecule has 0 saturated heterocycles. The summed E-state index contributed by atoms with van der Waals surface area (Å²) in [5.41, 5.74) is 1.37. The molecule has 0 aromatic carbocycles. The largest absolute Gasteiger partial charge is 0.383 e. The van der Waals surface area contributed by atoms with Gasteiger partial charge >= 0.3 is 0 Å². The Morgan fingerprint density at radius 1 is 1.35 bits per heavy atom. The van der Waals surface area contributed by atoms with Crippen molar-refractivity contribution < 1.29 is 4.74 Å². The Balaban J connectivity index is 2.42. The molecule has 0 aliphatic heterocycles. The van der Waals surface area contributed by atoms with Crippen molar-refractivity contribution in [3.63, 3.8) is 0 Å². The topological polar surface area (TPSA) is 26.2 Å². The van der Waals surface area contributed by atoms with Crippen LogP contribution in [0.25, 0.3) is 0 Å². The fourth-order valence-electron chi connectivity index (χ4n) is 2.00. The fourth-order valence-corrected chi connectivity index (χ4v) is 2.00. The summed E-state index contributed by atoms with van der Waals surface area (Å²) in [6, 6.07) is 4.33. The van der Waals surface area contributed by atoms with Gasteiger partial charge in [-0.15, -0.1) is 0 Å². The van der Waals surface area contributed by atoms with Crippen molar-refractivity contribution >= 4 is 0 Å². The smallest absolute Gasteiger partial charge is 0.0587 e. The molecule has 0 amide bonds. The Kier molecular flexibility index (Phi) is 6.97. The second-order valence-corrected chi connectivity index (χ2v) is 4.50. The van der Waals surface area contributed by atoms with E-state index in [1.165, 1.54) is 18.5 Å². The third kappa shape index (κ3) is 4.92. The number of aromatic nitrogens is 1. The first-order valence-electron chi connectivity index (χ1n) is 6.65. The van der Waals surface area contributed by atoms with Crippen LogP contribution in [0.4, 0.5) is 0 Å². The lowest BCUT2D eigenvalue weighted by atomic mass is 10.0. The van der Waals surface area contributed by atoms with E-state index in [4.69, 9.17) is 4.74 Å². The van der Waals surface area contributed by atoms with Crippen molar-refractivity contribution in [2.24, 2.45) is 5.92 Å². The van der Waals surface area contributed by atoms with E-state index in [9.17, 15) is 0 Å². The monoisotopic (exact) mass is 238 g/mol. The van der Waals surface area contributed by atoms with Crippen molar-refractivity contribution in [3.05, 3.63) is 24.0 Å². The van der Waals surface area contributed by atoms with E-state index in [0.29, 0.717) is 0 Å². The summed E-state index contributed by atoms with van der Waals surface area (Å²) >= 11 is 0. The first kappa shape index (κ1) is 14.3. The van der Waals surface area contributed by atoms with Crippen LogP contribution in [0, 0.1) is 5.92 Å². The molecule has 1 rings (SSSR count). The fraction of sp³-hybridized carbons (Fsp3) is 0.714. The zero-order valence-corrected chi connectivity index (χ0v) is 11.4. The van der Waals surface area contributed by atoms with E-state index in [-0.39, 0.29) is 0 Å². The zero-order chi connectivity index (χ0) is 12.5. The van der Waals surface area contributed by atoms with Gasteiger partial charge in [-0.2, -0.15) is 0 Å². The van der Waals surface area contributed by atoms with E-state index >= 15 is 0 Å². The maximum absolute atomic E-state index is 5.02. The molecule has 1 N–H and O–H groups in total. The minimum absolute atomic E-state index is 0.771. The molecule has 17 heavy (non-hydrogen) atoms. The van der Waals surface area contributed by atoms with Gasteiger partial charge in [0.15, 0.2) is 0 Å². The Morgan fingerprint density at radius 3 is 2.76 bits per heavy atom. The number of hydrogen-bond acceptors (Lipinski definition) is 2. The van der Waals surface area contributed by atoms with Crippen LogP contribution in [0.1, 0.15) is 32.4 Å². The Morgan fingerprint density at radius 2 is 2.12 bits per heavy atom. The summed E-state index contributed by atoms with van der Waals surface area (Å²) < 4.78 is 7.39. The molecule has 1 heterocycles. The minimum Gasteiger partial charge on any atom is -0.383 e. The summed E-state index contributed by atoms with van der Waals surface area (Å²) in [4.78, 5) is 0. The highest BCUT2D eigenvalue weighted by atomic mass is 16.5. The van der Waals surface area contributed by atoms with Crippen LogP contribution < -0.4 is 5.32 Å². The van der Waals surface area contributed by atoms with E-state index in [1.54, 1.807) is 7.11 Å². The van der Waals surface area contributed by atoms with Crippen LogP contribution >= 0.6 is 0 Å². The van der Waals surface area contributed by atoms with Crippen LogP contribution in [0.3, 0.4) is 0 Å². The molecule has 0 unspecified atom stereocenters. The van der Waals surface area contributed by atoms with Gasteiger partial charge in [0.1, 0.15) is 0 Å². The molecule has 1 aromatic heterocycles. The maximum Gasteiger partial charge on any atom is 0.0587 e. The highest BCUT2D eigenvalue weighted by molar-refractivity contribution is 5.07. The lowest BCUT2D eigenvalue weighted by molar-refractivity contribution is 0.199. The molecule has 0 spiro atoms. The Bertz CT molecular complexity index is 292. The van der Waals surface area contributed by atoms with Gasteiger partial charge in [-0.3, -0.25) is 0 Å². The SMILES string of the molecule is CCC(CC)Cn1cccc1CNCCOC. The predicted molar refractivity (Wildman–Crippen MR) is 72.1 cm³/mol. The number of ether oxygens (including phenoxy) is 1. The summed E-state index contributed by atoms with van der Waals surface area (Å²) in [6.45, 7) is 8.29. The predicted octanol–water partition coefficient (Wildman–Crippen LogP) is 2.66.